The molecule has 4 aromatic rings. The first-order chi connectivity index (χ1) is 11.8. The smallest absolute Gasteiger partial charge is 0.251 e. The van der Waals surface area contributed by atoms with E-state index in [4.69, 9.17) is 0 Å². The van der Waals surface area contributed by atoms with Crippen LogP contribution in [0.2, 0.25) is 0 Å². The molecule has 0 saturated heterocycles. The van der Waals surface area contributed by atoms with Gasteiger partial charge in [-0.15, -0.1) is 0 Å². The first kappa shape index (κ1) is 14.3. The third kappa shape index (κ3) is 2.67. The monoisotopic (exact) mass is 316 g/mol. The molecule has 2 N–H and O–H groups in total. The van der Waals surface area contributed by atoms with Gasteiger partial charge in [-0.05, 0) is 42.0 Å². The van der Waals surface area contributed by atoms with Gasteiger partial charge in [-0.2, -0.15) is 5.10 Å². The van der Waals surface area contributed by atoms with Gasteiger partial charge in [0.05, 0.1) is 5.69 Å². The summed E-state index contributed by atoms with van der Waals surface area (Å²) in [5, 5.41) is 8.31. The van der Waals surface area contributed by atoms with Gasteiger partial charge in [-0.3, -0.25) is 4.79 Å². The molecule has 0 fully saturated rings. The van der Waals surface area contributed by atoms with Gasteiger partial charge >= 0.3 is 0 Å². The van der Waals surface area contributed by atoms with E-state index in [-0.39, 0.29) is 5.91 Å². The third-order valence-corrected chi connectivity index (χ3v) is 4.00. The van der Waals surface area contributed by atoms with Gasteiger partial charge in [-0.25, -0.2) is 4.68 Å². The molecule has 0 atom stereocenters. The summed E-state index contributed by atoms with van der Waals surface area (Å²) in [5.74, 6) is -0.100. The summed E-state index contributed by atoms with van der Waals surface area (Å²) < 4.78 is 1.73. The number of carbonyl (C=O) groups is 1. The highest BCUT2D eigenvalue weighted by Gasteiger charge is 2.08. The normalized spacial score (nSPS) is 10.8. The van der Waals surface area contributed by atoms with Gasteiger partial charge < -0.3 is 10.3 Å². The van der Waals surface area contributed by atoms with Crippen molar-refractivity contribution < 1.29 is 4.79 Å². The summed E-state index contributed by atoms with van der Waals surface area (Å²) in [6.45, 7) is 0.486. The van der Waals surface area contributed by atoms with E-state index < -0.39 is 0 Å². The number of benzene rings is 2. The van der Waals surface area contributed by atoms with Gasteiger partial charge in [0.15, 0.2) is 0 Å². The van der Waals surface area contributed by atoms with Gasteiger partial charge in [0, 0.05) is 41.6 Å². The number of nitrogens with one attached hydrogen (secondary N) is 2. The van der Waals surface area contributed by atoms with Crippen LogP contribution in [0, 0.1) is 0 Å². The Hall–Kier alpha value is -3.34. The van der Waals surface area contributed by atoms with Crippen molar-refractivity contribution in [3.8, 4) is 5.69 Å². The van der Waals surface area contributed by atoms with Crippen LogP contribution in [0.15, 0.2) is 73.2 Å². The molecule has 0 saturated carbocycles. The molecule has 0 aliphatic carbocycles. The molecule has 0 aliphatic heterocycles. The van der Waals surface area contributed by atoms with Crippen molar-refractivity contribution in [2.45, 2.75) is 6.54 Å². The number of fused-ring (bicyclic) bond motifs is 1. The first-order valence-electron chi connectivity index (χ1n) is 7.74. The van der Waals surface area contributed by atoms with Crippen molar-refractivity contribution in [2.75, 3.05) is 0 Å². The quantitative estimate of drug-likeness (QED) is 0.607. The zero-order valence-electron chi connectivity index (χ0n) is 12.9. The Balaban J connectivity index is 1.52. The molecule has 2 aromatic carbocycles. The standard InChI is InChI=1S/C19H16N4O/c24-19(14-4-1-6-16(12-14)23-11-3-9-22-23)21-13-15-5-2-7-18-17(15)8-10-20-18/h1-12,20H,13H2,(H,21,24). The van der Waals surface area contributed by atoms with E-state index in [1.165, 1.54) is 0 Å². The molecule has 0 spiro atoms. The van der Waals surface area contributed by atoms with E-state index in [9.17, 15) is 4.79 Å². The first-order valence-corrected chi connectivity index (χ1v) is 7.74. The van der Waals surface area contributed by atoms with Crippen molar-refractivity contribution >= 4 is 16.8 Å². The van der Waals surface area contributed by atoms with E-state index in [1.54, 1.807) is 16.9 Å². The van der Waals surface area contributed by atoms with Crippen LogP contribution in [-0.4, -0.2) is 20.7 Å². The molecule has 4 rings (SSSR count). The highest BCUT2D eigenvalue weighted by atomic mass is 16.1. The van der Waals surface area contributed by atoms with Gasteiger partial charge in [0.25, 0.3) is 5.91 Å². The van der Waals surface area contributed by atoms with Crippen LogP contribution < -0.4 is 5.32 Å². The number of hydrogen-bond acceptors (Lipinski definition) is 2. The van der Waals surface area contributed by atoms with E-state index >= 15 is 0 Å². The van der Waals surface area contributed by atoms with Crippen molar-refractivity contribution in [3.05, 3.63) is 84.3 Å². The van der Waals surface area contributed by atoms with Crippen molar-refractivity contribution in [3.63, 3.8) is 0 Å². The van der Waals surface area contributed by atoms with Crippen LogP contribution in [0.1, 0.15) is 15.9 Å². The van der Waals surface area contributed by atoms with E-state index in [0.29, 0.717) is 12.1 Å². The number of amides is 1. The minimum atomic E-state index is -0.100. The van der Waals surface area contributed by atoms with E-state index in [0.717, 1.165) is 22.2 Å². The molecular weight excluding hydrogens is 300 g/mol. The number of aromatic nitrogens is 3. The molecule has 5 nitrogen and oxygen atoms in total. The Morgan fingerprint density at radius 3 is 2.92 bits per heavy atom. The molecule has 0 aliphatic rings. The summed E-state index contributed by atoms with van der Waals surface area (Å²) in [7, 11) is 0. The van der Waals surface area contributed by atoms with Crippen molar-refractivity contribution in [1.82, 2.24) is 20.1 Å². The van der Waals surface area contributed by atoms with Crippen LogP contribution in [0.25, 0.3) is 16.6 Å². The highest BCUT2D eigenvalue weighted by molar-refractivity contribution is 5.95. The maximum absolute atomic E-state index is 12.5. The molecule has 0 radical (unpaired) electrons. The predicted molar refractivity (Wildman–Crippen MR) is 93.0 cm³/mol. The molecule has 2 aromatic heterocycles. The molecule has 1 amide bonds. The predicted octanol–water partition coefficient (Wildman–Crippen LogP) is 3.28. The number of aromatic amines is 1. The van der Waals surface area contributed by atoms with E-state index in [1.807, 2.05) is 60.9 Å². The second-order valence-electron chi connectivity index (χ2n) is 5.54. The Morgan fingerprint density at radius 2 is 2.04 bits per heavy atom. The molecule has 2 heterocycles. The second-order valence-corrected chi connectivity index (χ2v) is 5.54. The molecule has 0 bridgehead atoms. The van der Waals surface area contributed by atoms with Crippen molar-refractivity contribution in [1.29, 1.82) is 0 Å². The van der Waals surface area contributed by atoms with Gasteiger partial charge in [0.2, 0.25) is 0 Å². The number of hydrogen-bond donors (Lipinski definition) is 2. The van der Waals surface area contributed by atoms with Crippen LogP contribution in [-0.2, 0) is 6.54 Å². The molecular formula is C19H16N4O. The fourth-order valence-corrected chi connectivity index (χ4v) is 2.79. The molecule has 5 heteroatoms. The Kier molecular flexibility index (Phi) is 3.59. The largest absolute Gasteiger partial charge is 0.361 e. The lowest BCUT2D eigenvalue weighted by Gasteiger charge is -2.08. The van der Waals surface area contributed by atoms with Crippen LogP contribution >= 0.6 is 0 Å². The van der Waals surface area contributed by atoms with Gasteiger partial charge in [-0.1, -0.05) is 18.2 Å². The molecule has 24 heavy (non-hydrogen) atoms. The number of H-pyrrole nitrogens is 1. The summed E-state index contributed by atoms with van der Waals surface area (Å²) >= 11 is 0. The second kappa shape index (κ2) is 6.04. The molecule has 118 valence electrons. The lowest BCUT2D eigenvalue weighted by molar-refractivity contribution is 0.0951. The Morgan fingerprint density at radius 1 is 1.12 bits per heavy atom. The number of nitrogens with zero attached hydrogens (tertiary/aromatic N) is 2. The van der Waals surface area contributed by atoms with Crippen LogP contribution in [0.4, 0.5) is 0 Å². The summed E-state index contributed by atoms with van der Waals surface area (Å²) in [4.78, 5) is 15.6. The molecule has 0 unspecified atom stereocenters. The number of rotatable bonds is 4. The highest BCUT2D eigenvalue weighted by Crippen LogP contribution is 2.17. The lowest BCUT2D eigenvalue weighted by Crippen LogP contribution is -2.23. The Bertz CT molecular complexity index is 985. The van der Waals surface area contributed by atoms with Crippen LogP contribution in [0.5, 0.6) is 0 Å². The van der Waals surface area contributed by atoms with E-state index in [2.05, 4.69) is 15.4 Å². The Labute approximate surface area is 138 Å². The maximum Gasteiger partial charge on any atom is 0.251 e. The summed E-state index contributed by atoms with van der Waals surface area (Å²) in [6.07, 6.45) is 5.47. The fraction of sp³-hybridized carbons (Fsp3) is 0.0526. The average molecular weight is 316 g/mol. The van der Waals surface area contributed by atoms with Crippen molar-refractivity contribution in [2.24, 2.45) is 0 Å². The fourth-order valence-electron chi connectivity index (χ4n) is 2.79. The maximum atomic E-state index is 12.5. The third-order valence-electron chi connectivity index (χ3n) is 4.00. The summed E-state index contributed by atoms with van der Waals surface area (Å²) in [6, 6.07) is 17.3. The van der Waals surface area contributed by atoms with Gasteiger partial charge in [0.1, 0.15) is 0 Å². The minimum absolute atomic E-state index is 0.100. The average Bonchev–Trinajstić information content (AvgIpc) is 3.31. The zero-order valence-corrected chi connectivity index (χ0v) is 12.9. The van der Waals surface area contributed by atoms with Crippen LogP contribution in [0.3, 0.4) is 0 Å². The number of carbonyl (C=O) groups excluding carboxylic acids is 1. The minimum Gasteiger partial charge on any atom is -0.361 e. The SMILES string of the molecule is O=C(NCc1cccc2[nH]ccc12)c1cccc(-n2cccn2)c1. The summed E-state index contributed by atoms with van der Waals surface area (Å²) in [5.41, 5.74) is 3.64. The zero-order chi connectivity index (χ0) is 16.4. The topological polar surface area (TPSA) is 62.7 Å². The lowest BCUT2D eigenvalue weighted by atomic mass is 10.1.